The third kappa shape index (κ3) is 3.67. The summed E-state index contributed by atoms with van der Waals surface area (Å²) in [5.74, 6) is -0.754. The van der Waals surface area contributed by atoms with E-state index < -0.39 is 11.4 Å². The summed E-state index contributed by atoms with van der Waals surface area (Å²) in [6, 6.07) is 4.61. The van der Waals surface area contributed by atoms with Gasteiger partial charge in [0, 0.05) is 0 Å². The first-order chi connectivity index (χ1) is 8.98. The first-order valence-electron chi connectivity index (χ1n) is 6.52. The maximum absolute atomic E-state index is 13.4. The molecule has 0 bridgehead atoms. The summed E-state index contributed by atoms with van der Waals surface area (Å²) < 4.78 is 13.4. The maximum atomic E-state index is 13.4. The Hall–Kier alpha value is -1.62. The van der Waals surface area contributed by atoms with Crippen LogP contribution in [0.5, 0.6) is 0 Å². The molecule has 19 heavy (non-hydrogen) atoms. The number of hydrazine groups is 1. The third-order valence-electron chi connectivity index (χ3n) is 3.48. The lowest BCUT2D eigenvalue weighted by Gasteiger charge is -2.21. The molecule has 1 aromatic carbocycles. The van der Waals surface area contributed by atoms with E-state index in [-0.39, 0.29) is 18.0 Å². The van der Waals surface area contributed by atoms with Crippen molar-refractivity contribution >= 4 is 11.6 Å². The Morgan fingerprint density at radius 3 is 2.79 bits per heavy atom. The molecule has 0 unspecified atom stereocenters. The van der Waals surface area contributed by atoms with Crippen molar-refractivity contribution in [2.75, 3.05) is 5.43 Å². The second-order valence-corrected chi connectivity index (χ2v) is 5.26. The van der Waals surface area contributed by atoms with Gasteiger partial charge in [0.1, 0.15) is 5.82 Å². The molecule has 3 N–H and O–H groups in total. The SMILES string of the molecule is Cc1ccc(F)c(NNC(=O)CC2(O)CCCC2)c1. The zero-order chi connectivity index (χ0) is 13.9. The van der Waals surface area contributed by atoms with E-state index >= 15 is 0 Å². The fourth-order valence-corrected chi connectivity index (χ4v) is 2.42. The summed E-state index contributed by atoms with van der Waals surface area (Å²) in [7, 11) is 0. The molecular weight excluding hydrogens is 247 g/mol. The molecule has 0 spiro atoms. The van der Waals surface area contributed by atoms with Crippen LogP contribution >= 0.6 is 0 Å². The molecule has 4 nitrogen and oxygen atoms in total. The highest BCUT2D eigenvalue weighted by molar-refractivity contribution is 5.78. The van der Waals surface area contributed by atoms with Crippen molar-refractivity contribution in [3.8, 4) is 0 Å². The van der Waals surface area contributed by atoms with Crippen molar-refractivity contribution in [1.29, 1.82) is 0 Å². The van der Waals surface area contributed by atoms with Crippen molar-refractivity contribution in [1.82, 2.24) is 5.43 Å². The van der Waals surface area contributed by atoms with Gasteiger partial charge in [0.25, 0.3) is 0 Å². The summed E-state index contributed by atoms with van der Waals surface area (Å²) in [4.78, 5) is 11.7. The summed E-state index contributed by atoms with van der Waals surface area (Å²) >= 11 is 0. The number of halogens is 1. The smallest absolute Gasteiger partial charge is 0.241 e. The molecule has 5 heteroatoms. The number of benzene rings is 1. The molecule has 1 saturated carbocycles. The minimum absolute atomic E-state index is 0.0490. The molecule has 0 heterocycles. The van der Waals surface area contributed by atoms with Gasteiger partial charge in [-0.1, -0.05) is 18.9 Å². The average Bonchev–Trinajstić information content (AvgIpc) is 2.77. The predicted octanol–water partition coefficient (Wildman–Crippen LogP) is 2.27. The Morgan fingerprint density at radius 2 is 2.11 bits per heavy atom. The maximum Gasteiger partial charge on any atom is 0.241 e. The normalized spacial score (nSPS) is 17.2. The fraction of sp³-hybridized carbons (Fsp3) is 0.500. The van der Waals surface area contributed by atoms with Gasteiger partial charge in [-0.15, -0.1) is 0 Å². The summed E-state index contributed by atoms with van der Waals surface area (Å²) in [5, 5.41) is 10.1. The molecule has 1 aliphatic rings. The molecule has 0 atom stereocenters. The van der Waals surface area contributed by atoms with E-state index in [2.05, 4.69) is 10.9 Å². The first kappa shape index (κ1) is 13.8. The Kier molecular flexibility index (Phi) is 4.04. The number of hydrogen-bond acceptors (Lipinski definition) is 3. The molecule has 1 fully saturated rings. The van der Waals surface area contributed by atoms with Crippen molar-refractivity contribution < 1.29 is 14.3 Å². The van der Waals surface area contributed by atoms with Gasteiger partial charge in [-0.25, -0.2) is 4.39 Å². The van der Waals surface area contributed by atoms with Crippen LogP contribution in [-0.4, -0.2) is 16.6 Å². The number of aryl methyl sites for hydroxylation is 1. The van der Waals surface area contributed by atoms with Crippen molar-refractivity contribution in [3.63, 3.8) is 0 Å². The molecule has 2 rings (SSSR count). The van der Waals surface area contributed by atoms with Gasteiger partial charge < -0.3 is 5.11 Å². The molecule has 0 saturated heterocycles. The van der Waals surface area contributed by atoms with Crippen molar-refractivity contribution in [3.05, 3.63) is 29.6 Å². The fourth-order valence-electron chi connectivity index (χ4n) is 2.42. The molecule has 0 aromatic heterocycles. The zero-order valence-corrected chi connectivity index (χ0v) is 11.0. The van der Waals surface area contributed by atoms with E-state index in [1.807, 2.05) is 6.92 Å². The lowest BCUT2D eigenvalue weighted by molar-refractivity contribution is -0.125. The van der Waals surface area contributed by atoms with E-state index in [4.69, 9.17) is 0 Å². The van der Waals surface area contributed by atoms with Crippen LogP contribution in [0.2, 0.25) is 0 Å². The Balaban J connectivity index is 1.88. The number of rotatable bonds is 4. The van der Waals surface area contributed by atoms with Crippen LogP contribution in [0.25, 0.3) is 0 Å². The molecule has 1 aliphatic carbocycles. The predicted molar refractivity (Wildman–Crippen MR) is 70.9 cm³/mol. The molecule has 0 aliphatic heterocycles. The van der Waals surface area contributed by atoms with Crippen LogP contribution < -0.4 is 10.9 Å². The number of carbonyl (C=O) groups is 1. The van der Waals surface area contributed by atoms with E-state index in [1.54, 1.807) is 12.1 Å². The summed E-state index contributed by atoms with van der Waals surface area (Å²) in [6.45, 7) is 1.84. The number of aliphatic hydroxyl groups is 1. The van der Waals surface area contributed by atoms with Gasteiger partial charge in [-0.05, 0) is 37.5 Å². The quantitative estimate of drug-likeness (QED) is 0.733. The number of amides is 1. The topological polar surface area (TPSA) is 61.4 Å². The summed E-state index contributed by atoms with van der Waals surface area (Å²) in [5.41, 5.74) is 5.22. The number of anilines is 1. The van der Waals surface area contributed by atoms with Crippen molar-refractivity contribution in [2.24, 2.45) is 0 Å². The zero-order valence-electron chi connectivity index (χ0n) is 11.0. The Labute approximate surface area is 112 Å². The van der Waals surface area contributed by atoms with Gasteiger partial charge in [-0.3, -0.25) is 15.6 Å². The Bertz CT molecular complexity index is 471. The molecular formula is C14H19FN2O2. The van der Waals surface area contributed by atoms with E-state index in [0.717, 1.165) is 18.4 Å². The number of nitrogens with one attached hydrogen (secondary N) is 2. The lowest BCUT2D eigenvalue weighted by atomic mass is 9.98. The van der Waals surface area contributed by atoms with Gasteiger partial charge in [-0.2, -0.15) is 0 Å². The van der Waals surface area contributed by atoms with Crippen LogP contribution in [0, 0.1) is 12.7 Å². The van der Waals surface area contributed by atoms with E-state index in [9.17, 15) is 14.3 Å². The first-order valence-corrected chi connectivity index (χ1v) is 6.52. The van der Waals surface area contributed by atoms with Crippen LogP contribution in [0.4, 0.5) is 10.1 Å². The second-order valence-electron chi connectivity index (χ2n) is 5.26. The van der Waals surface area contributed by atoms with Crippen LogP contribution in [0.15, 0.2) is 18.2 Å². The Morgan fingerprint density at radius 1 is 1.42 bits per heavy atom. The molecule has 1 aromatic rings. The van der Waals surface area contributed by atoms with Crippen molar-refractivity contribution in [2.45, 2.75) is 44.6 Å². The van der Waals surface area contributed by atoms with Crippen LogP contribution in [0.3, 0.4) is 0 Å². The van der Waals surface area contributed by atoms with Gasteiger partial charge >= 0.3 is 0 Å². The van der Waals surface area contributed by atoms with E-state index in [1.165, 1.54) is 6.07 Å². The monoisotopic (exact) mass is 266 g/mol. The minimum Gasteiger partial charge on any atom is -0.389 e. The highest BCUT2D eigenvalue weighted by Crippen LogP contribution is 2.32. The second kappa shape index (κ2) is 5.57. The highest BCUT2D eigenvalue weighted by Gasteiger charge is 2.33. The van der Waals surface area contributed by atoms with Gasteiger partial charge in [0.05, 0.1) is 17.7 Å². The average molecular weight is 266 g/mol. The van der Waals surface area contributed by atoms with Crippen LogP contribution in [0.1, 0.15) is 37.7 Å². The molecule has 1 amide bonds. The van der Waals surface area contributed by atoms with Gasteiger partial charge in [0.2, 0.25) is 5.91 Å². The molecule has 104 valence electrons. The minimum atomic E-state index is -0.892. The lowest BCUT2D eigenvalue weighted by Crippen LogP contribution is -2.37. The highest BCUT2D eigenvalue weighted by atomic mass is 19.1. The molecule has 0 radical (unpaired) electrons. The third-order valence-corrected chi connectivity index (χ3v) is 3.48. The number of hydrogen-bond donors (Lipinski definition) is 3. The van der Waals surface area contributed by atoms with E-state index in [0.29, 0.717) is 12.8 Å². The summed E-state index contributed by atoms with van der Waals surface area (Å²) in [6.07, 6.45) is 3.25. The van der Waals surface area contributed by atoms with Crippen LogP contribution in [-0.2, 0) is 4.79 Å². The van der Waals surface area contributed by atoms with Gasteiger partial charge in [0.15, 0.2) is 0 Å². The number of carbonyl (C=O) groups excluding carboxylic acids is 1. The largest absolute Gasteiger partial charge is 0.389 e. The standard InChI is InChI=1S/C14H19FN2O2/c1-10-4-5-11(15)12(8-10)16-17-13(18)9-14(19)6-2-3-7-14/h4-5,8,16,19H,2-3,6-7,9H2,1H3,(H,17,18).